The number of rotatable bonds is 11. The molecule has 0 heterocycles. The Morgan fingerprint density at radius 1 is 1.00 bits per heavy atom. The highest BCUT2D eigenvalue weighted by atomic mass is 32.2. The zero-order valence-electron chi connectivity index (χ0n) is 21.9. The molecular weight excluding hydrogens is 490 g/mol. The molecule has 1 aliphatic rings. The van der Waals surface area contributed by atoms with Crippen LogP contribution in [0, 0.1) is 0 Å². The number of carbonyl (C=O) groups is 3. The SMILES string of the molecule is CCC(C(=O)NC1CCCCC1)N(Cc1ccccc1)C(=O)CN(c1cccc(C(C)=O)c1)S(C)(=O)=O. The van der Waals surface area contributed by atoms with Crippen molar-refractivity contribution in [1.29, 1.82) is 0 Å². The standard InChI is InChI=1S/C28H37N3O5S/c1-4-26(28(34)29-24-15-9-6-10-16-24)30(19-22-12-7-5-8-13-22)27(33)20-31(37(3,35)36)25-17-11-14-23(18-25)21(2)32/h5,7-8,11-14,17-18,24,26H,4,6,9-10,15-16,19-20H2,1-3H3,(H,29,34). The van der Waals surface area contributed by atoms with Crippen LogP contribution >= 0.6 is 0 Å². The highest BCUT2D eigenvalue weighted by molar-refractivity contribution is 7.92. The van der Waals surface area contributed by atoms with Gasteiger partial charge in [-0.2, -0.15) is 0 Å². The molecule has 37 heavy (non-hydrogen) atoms. The molecule has 0 bridgehead atoms. The highest BCUT2D eigenvalue weighted by Gasteiger charge is 2.32. The Morgan fingerprint density at radius 2 is 1.68 bits per heavy atom. The molecule has 0 aromatic heterocycles. The Morgan fingerprint density at radius 3 is 2.27 bits per heavy atom. The largest absolute Gasteiger partial charge is 0.352 e. The lowest BCUT2D eigenvalue weighted by Crippen LogP contribution is -2.53. The number of benzene rings is 2. The van der Waals surface area contributed by atoms with Crippen LogP contribution in [0.3, 0.4) is 0 Å². The van der Waals surface area contributed by atoms with Crippen molar-refractivity contribution in [1.82, 2.24) is 10.2 Å². The fourth-order valence-corrected chi connectivity index (χ4v) is 5.58. The lowest BCUT2D eigenvalue weighted by molar-refractivity contribution is -0.140. The van der Waals surface area contributed by atoms with Crippen molar-refractivity contribution in [2.45, 2.75) is 71.0 Å². The molecule has 0 aliphatic heterocycles. The van der Waals surface area contributed by atoms with Crippen LogP contribution in [-0.4, -0.2) is 55.8 Å². The number of nitrogens with one attached hydrogen (secondary N) is 1. The summed E-state index contributed by atoms with van der Waals surface area (Å²) >= 11 is 0. The first kappa shape index (κ1) is 28.4. The van der Waals surface area contributed by atoms with Gasteiger partial charge >= 0.3 is 0 Å². The van der Waals surface area contributed by atoms with E-state index in [-0.39, 0.29) is 30.0 Å². The number of hydrogen-bond acceptors (Lipinski definition) is 5. The fraction of sp³-hybridized carbons (Fsp3) is 0.464. The quantitative estimate of drug-likeness (QED) is 0.446. The van der Waals surface area contributed by atoms with Crippen LogP contribution in [-0.2, 0) is 26.2 Å². The molecule has 200 valence electrons. The van der Waals surface area contributed by atoms with E-state index in [1.807, 2.05) is 37.3 Å². The molecule has 0 saturated heterocycles. The van der Waals surface area contributed by atoms with E-state index in [0.29, 0.717) is 12.0 Å². The van der Waals surface area contributed by atoms with Crippen LogP contribution in [0.5, 0.6) is 0 Å². The number of nitrogens with zero attached hydrogens (tertiary/aromatic N) is 2. The van der Waals surface area contributed by atoms with E-state index in [9.17, 15) is 22.8 Å². The Labute approximate surface area is 220 Å². The van der Waals surface area contributed by atoms with Crippen LogP contribution in [0.1, 0.15) is 68.3 Å². The van der Waals surface area contributed by atoms with Gasteiger partial charge in [0, 0.05) is 18.2 Å². The molecule has 9 heteroatoms. The van der Waals surface area contributed by atoms with Gasteiger partial charge in [0.2, 0.25) is 21.8 Å². The molecule has 8 nitrogen and oxygen atoms in total. The van der Waals surface area contributed by atoms with Crippen LogP contribution in [0.15, 0.2) is 54.6 Å². The summed E-state index contributed by atoms with van der Waals surface area (Å²) in [6, 6.07) is 14.9. The van der Waals surface area contributed by atoms with E-state index in [0.717, 1.165) is 48.2 Å². The summed E-state index contributed by atoms with van der Waals surface area (Å²) in [6.07, 6.45) is 6.54. The Kier molecular flexibility index (Phi) is 9.86. The van der Waals surface area contributed by atoms with Gasteiger partial charge in [-0.25, -0.2) is 8.42 Å². The zero-order chi connectivity index (χ0) is 27.0. The van der Waals surface area contributed by atoms with Gasteiger partial charge in [-0.15, -0.1) is 0 Å². The summed E-state index contributed by atoms with van der Waals surface area (Å²) < 4.78 is 26.5. The molecule has 2 amide bonds. The number of hydrogen-bond donors (Lipinski definition) is 1. The fourth-order valence-electron chi connectivity index (χ4n) is 4.74. The first-order valence-electron chi connectivity index (χ1n) is 12.8. The van der Waals surface area contributed by atoms with E-state index >= 15 is 0 Å². The molecule has 0 radical (unpaired) electrons. The average molecular weight is 528 g/mol. The highest BCUT2D eigenvalue weighted by Crippen LogP contribution is 2.22. The molecule has 1 N–H and O–H groups in total. The molecule has 2 aromatic rings. The number of amides is 2. The topological polar surface area (TPSA) is 104 Å². The van der Waals surface area contributed by atoms with Crippen molar-refractivity contribution >= 4 is 33.3 Å². The lowest BCUT2D eigenvalue weighted by Gasteiger charge is -2.34. The molecule has 1 fully saturated rings. The minimum absolute atomic E-state index is 0.0887. The van der Waals surface area contributed by atoms with Crippen molar-refractivity contribution in [3.63, 3.8) is 0 Å². The summed E-state index contributed by atoms with van der Waals surface area (Å²) in [4.78, 5) is 40.5. The van der Waals surface area contributed by atoms with E-state index in [2.05, 4.69) is 5.32 Å². The predicted octanol–water partition coefficient (Wildman–Crippen LogP) is 3.91. The van der Waals surface area contributed by atoms with E-state index in [1.165, 1.54) is 17.9 Å². The third-order valence-corrected chi connectivity index (χ3v) is 7.89. The molecule has 1 saturated carbocycles. The number of Topliss-reactive ketones (excluding diaryl/α,β-unsaturated/α-hetero) is 1. The molecule has 0 spiro atoms. The third-order valence-electron chi connectivity index (χ3n) is 6.75. The van der Waals surface area contributed by atoms with Gasteiger partial charge < -0.3 is 10.2 Å². The third kappa shape index (κ3) is 7.89. The summed E-state index contributed by atoms with van der Waals surface area (Å²) in [5.74, 6) is -0.922. The number of anilines is 1. The second-order valence-electron chi connectivity index (χ2n) is 9.65. The summed E-state index contributed by atoms with van der Waals surface area (Å²) in [5, 5.41) is 3.12. The monoisotopic (exact) mass is 527 g/mol. The smallest absolute Gasteiger partial charge is 0.244 e. The van der Waals surface area contributed by atoms with Crippen LogP contribution in [0.25, 0.3) is 0 Å². The predicted molar refractivity (Wildman–Crippen MR) is 145 cm³/mol. The summed E-state index contributed by atoms with van der Waals surface area (Å²) in [5.41, 5.74) is 1.41. The molecule has 2 aromatic carbocycles. The zero-order valence-corrected chi connectivity index (χ0v) is 22.7. The van der Waals surface area contributed by atoms with Crippen LogP contribution in [0.2, 0.25) is 0 Å². The lowest BCUT2D eigenvalue weighted by atomic mass is 9.95. The Balaban J connectivity index is 1.91. The second-order valence-corrected chi connectivity index (χ2v) is 11.6. The Bertz CT molecular complexity index is 1190. The van der Waals surface area contributed by atoms with E-state index in [1.54, 1.807) is 18.2 Å². The maximum absolute atomic E-state index is 13.8. The first-order chi connectivity index (χ1) is 17.6. The molecule has 3 rings (SSSR count). The summed E-state index contributed by atoms with van der Waals surface area (Å²) in [7, 11) is -3.86. The first-order valence-corrected chi connectivity index (χ1v) is 14.7. The van der Waals surface area contributed by atoms with Crippen molar-refractivity contribution in [3.05, 3.63) is 65.7 Å². The van der Waals surface area contributed by atoms with Gasteiger partial charge in [0.15, 0.2) is 5.78 Å². The molecular formula is C28H37N3O5S. The van der Waals surface area contributed by atoms with E-state index < -0.39 is 28.5 Å². The van der Waals surface area contributed by atoms with Gasteiger partial charge in [-0.3, -0.25) is 18.7 Å². The van der Waals surface area contributed by atoms with Gasteiger partial charge in [-0.1, -0.05) is 68.7 Å². The number of ketones is 1. The molecule has 1 unspecified atom stereocenters. The minimum atomic E-state index is -3.86. The van der Waals surface area contributed by atoms with Crippen molar-refractivity contribution in [3.8, 4) is 0 Å². The van der Waals surface area contributed by atoms with Crippen LogP contribution in [0.4, 0.5) is 5.69 Å². The van der Waals surface area contributed by atoms with Gasteiger partial charge in [0.25, 0.3) is 0 Å². The van der Waals surface area contributed by atoms with Gasteiger partial charge in [-0.05, 0) is 43.9 Å². The number of carbonyl (C=O) groups excluding carboxylic acids is 3. The normalized spacial score (nSPS) is 15.0. The summed E-state index contributed by atoms with van der Waals surface area (Å²) in [6.45, 7) is 2.93. The van der Waals surface area contributed by atoms with Crippen molar-refractivity contribution in [2.75, 3.05) is 17.1 Å². The minimum Gasteiger partial charge on any atom is -0.352 e. The second kappa shape index (κ2) is 12.9. The van der Waals surface area contributed by atoms with E-state index in [4.69, 9.17) is 0 Å². The molecule has 1 aliphatic carbocycles. The van der Waals surface area contributed by atoms with Gasteiger partial charge in [0.1, 0.15) is 12.6 Å². The molecule has 1 atom stereocenters. The number of sulfonamides is 1. The van der Waals surface area contributed by atoms with Crippen LogP contribution < -0.4 is 9.62 Å². The Hall–Kier alpha value is -3.20. The van der Waals surface area contributed by atoms with Crippen molar-refractivity contribution < 1.29 is 22.8 Å². The maximum Gasteiger partial charge on any atom is 0.244 e. The van der Waals surface area contributed by atoms with Gasteiger partial charge in [0.05, 0.1) is 11.9 Å². The average Bonchev–Trinajstić information content (AvgIpc) is 2.87. The van der Waals surface area contributed by atoms with Crippen molar-refractivity contribution in [2.24, 2.45) is 0 Å². The maximum atomic E-state index is 13.8.